The number of halogens is 1. The van der Waals surface area contributed by atoms with Gasteiger partial charge in [-0.3, -0.25) is 0 Å². The molecule has 0 amide bonds. The van der Waals surface area contributed by atoms with Crippen molar-refractivity contribution in [2.24, 2.45) is 0 Å². The number of anilines is 1. The third-order valence-electron chi connectivity index (χ3n) is 5.22. The molecule has 0 aliphatic rings. The quantitative estimate of drug-likeness (QED) is 0.381. The first kappa shape index (κ1) is 22.2. The molecule has 5 heteroatoms. The largest absolute Gasteiger partial charge is 0.496 e. The van der Waals surface area contributed by atoms with Gasteiger partial charge in [0, 0.05) is 16.4 Å². The SMILES string of the molecule is C#CC(Nc1nc(-c2cc(C)c(OC)cc2Cl)c(C)s1)C(CCC)c1ccccc1. The Bertz CT molecular complexity index is 1040. The topological polar surface area (TPSA) is 34.2 Å². The molecule has 2 unspecified atom stereocenters. The number of rotatable bonds is 8. The first-order valence-corrected chi connectivity index (χ1v) is 11.3. The molecular weight excluding hydrogens is 412 g/mol. The fraction of sp³-hybridized carbons (Fsp3) is 0.320. The van der Waals surface area contributed by atoms with Gasteiger partial charge in [-0.15, -0.1) is 17.8 Å². The smallest absolute Gasteiger partial charge is 0.184 e. The van der Waals surface area contributed by atoms with Gasteiger partial charge in [-0.1, -0.05) is 61.2 Å². The van der Waals surface area contributed by atoms with Crippen molar-refractivity contribution < 1.29 is 4.74 Å². The fourth-order valence-electron chi connectivity index (χ4n) is 3.70. The maximum absolute atomic E-state index is 6.53. The van der Waals surface area contributed by atoms with Gasteiger partial charge in [-0.25, -0.2) is 4.98 Å². The summed E-state index contributed by atoms with van der Waals surface area (Å²) in [5.74, 6) is 3.94. The Morgan fingerprint density at radius 3 is 2.60 bits per heavy atom. The second-order valence-electron chi connectivity index (χ2n) is 7.32. The van der Waals surface area contributed by atoms with Crippen LogP contribution in [0, 0.1) is 26.2 Å². The number of hydrogen-bond acceptors (Lipinski definition) is 4. The molecule has 0 aliphatic heterocycles. The highest BCUT2D eigenvalue weighted by Gasteiger charge is 2.23. The number of nitrogens with zero attached hydrogens (tertiary/aromatic N) is 1. The minimum absolute atomic E-state index is 0.140. The lowest BCUT2D eigenvalue weighted by atomic mass is 9.88. The fourth-order valence-corrected chi connectivity index (χ4v) is 4.81. The monoisotopic (exact) mass is 438 g/mol. The summed E-state index contributed by atoms with van der Waals surface area (Å²) in [6.07, 6.45) is 8.01. The zero-order chi connectivity index (χ0) is 21.7. The van der Waals surface area contributed by atoms with Gasteiger partial charge in [0.05, 0.1) is 23.9 Å². The molecule has 0 fully saturated rings. The molecule has 2 atom stereocenters. The van der Waals surface area contributed by atoms with Crippen molar-refractivity contribution >= 4 is 28.1 Å². The van der Waals surface area contributed by atoms with Crippen LogP contribution in [0.4, 0.5) is 5.13 Å². The highest BCUT2D eigenvalue weighted by Crippen LogP contribution is 2.38. The van der Waals surface area contributed by atoms with E-state index >= 15 is 0 Å². The summed E-state index contributed by atoms with van der Waals surface area (Å²) >= 11 is 8.13. The highest BCUT2D eigenvalue weighted by atomic mass is 35.5. The van der Waals surface area contributed by atoms with Crippen LogP contribution in [-0.2, 0) is 0 Å². The van der Waals surface area contributed by atoms with Gasteiger partial charge in [-0.05, 0) is 43.5 Å². The number of hydrogen-bond donors (Lipinski definition) is 1. The molecule has 3 rings (SSSR count). The van der Waals surface area contributed by atoms with E-state index in [4.69, 9.17) is 27.7 Å². The van der Waals surface area contributed by atoms with Crippen molar-refractivity contribution in [1.82, 2.24) is 4.98 Å². The third-order valence-corrected chi connectivity index (χ3v) is 6.44. The van der Waals surface area contributed by atoms with Crippen molar-refractivity contribution in [3.8, 4) is 29.4 Å². The summed E-state index contributed by atoms with van der Waals surface area (Å²) in [6, 6.07) is 14.2. The lowest BCUT2D eigenvalue weighted by Crippen LogP contribution is -2.26. The number of ether oxygens (including phenoxy) is 1. The van der Waals surface area contributed by atoms with Gasteiger partial charge in [0.25, 0.3) is 0 Å². The number of terminal acetylenes is 1. The molecule has 0 bridgehead atoms. The summed E-state index contributed by atoms with van der Waals surface area (Å²) in [4.78, 5) is 5.94. The van der Waals surface area contributed by atoms with E-state index in [0.717, 1.165) is 45.4 Å². The second kappa shape index (κ2) is 10.0. The molecule has 0 saturated heterocycles. The maximum atomic E-state index is 6.53. The molecule has 0 radical (unpaired) electrons. The van der Waals surface area contributed by atoms with Gasteiger partial charge >= 0.3 is 0 Å². The van der Waals surface area contributed by atoms with E-state index in [0.29, 0.717) is 5.02 Å². The highest BCUT2D eigenvalue weighted by molar-refractivity contribution is 7.16. The number of thiazole rings is 1. The minimum Gasteiger partial charge on any atom is -0.496 e. The molecule has 2 aromatic carbocycles. The Hall–Kier alpha value is -2.48. The molecular formula is C25H27ClN2OS. The Balaban J connectivity index is 1.91. The summed E-state index contributed by atoms with van der Waals surface area (Å²) in [5.41, 5.74) is 4.05. The van der Waals surface area contributed by atoms with E-state index in [9.17, 15) is 0 Å². The zero-order valence-corrected chi connectivity index (χ0v) is 19.4. The summed E-state index contributed by atoms with van der Waals surface area (Å²) in [6.45, 7) is 6.24. The van der Waals surface area contributed by atoms with Crippen LogP contribution >= 0.6 is 22.9 Å². The van der Waals surface area contributed by atoms with E-state index in [1.54, 1.807) is 18.4 Å². The van der Waals surface area contributed by atoms with E-state index < -0.39 is 0 Å². The molecule has 30 heavy (non-hydrogen) atoms. The van der Waals surface area contributed by atoms with Crippen LogP contribution in [0.25, 0.3) is 11.3 Å². The molecule has 3 aromatic rings. The number of aromatic nitrogens is 1. The van der Waals surface area contributed by atoms with Crippen molar-refractivity contribution in [3.63, 3.8) is 0 Å². The predicted molar refractivity (Wildman–Crippen MR) is 129 cm³/mol. The molecule has 156 valence electrons. The third kappa shape index (κ3) is 4.80. The first-order valence-electron chi connectivity index (χ1n) is 10.1. The standard InChI is InChI=1S/C25H27ClN2OS/c1-6-11-19(18-12-9-8-10-13-18)22(7-2)27-25-28-24(17(4)30-25)20-14-16(3)23(29-5)15-21(20)26/h2,8-10,12-15,19,22H,6,11H2,1,3-5H3,(H,27,28). The summed E-state index contributed by atoms with van der Waals surface area (Å²) < 4.78 is 5.37. The summed E-state index contributed by atoms with van der Waals surface area (Å²) in [5, 5.41) is 4.94. The molecule has 0 saturated carbocycles. The Morgan fingerprint density at radius 1 is 1.23 bits per heavy atom. The van der Waals surface area contributed by atoms with E-state index in [-0.39, 0.29) is 12.0 Å². The van der Waals surface area contributed by atoms with Crippen molar-refractivity contribution in [1.29, 1.82) is 0 Å². The van der Waals surface area contributed by atoms with Crippen LogP contribution in [0.15, 0.2) is 42.5 Å². The van der Waals surface area contributed by atoms with Crippen LogP contribution in [0.2, 0.25) is 5.02 Å². The predicted octanol–water partition coefficient (Wildman–Crippen LogP) is 7.09. The number of nitrogens with one attached hydrogen (secondary N) is 1. The van der Waals surface area contributed by atoms with Crippen LogP contribution in [-0.4, -0.2) is 18.1 Å². The van der Waals surface area contributed by atoms with Gasteiger partial charge in [-0.2, -0.15) is 0 Å². The normalized spacial score (nSPS) is 12.8. The van der Waals surface area contributed by atoms with Crippen LogP contribution in [0.5, 0.6) is 5.75 Å². The second-order valence-corrected chi connectivity index (χ2v) is 8.93. The molecule has 3 nitrogen and oxygen atoms in total. The van der Waals surface area contributed by atoms with Gasteiger partial charge in [0.2, 0.25) is 0 Å². The molecule has 1 N–H and O–H groups in total. The lowest BCUT2D eigenvalue weighted by Gasteiger charge is -2.24. The van der Waals surface area contributed by atoms with Crippen LogP contribution in [0.3, 0.4) is 0 Å². The Labute approximate surface area is 188 Å². The van der Waals surface area contributed by atoms with Gasteiger partial charge < -0.3 is 10.1 Å². The van der Waals surface area contributed by atoms with Gasteiger partial charge in [0.1, 0.15) is 5.75 Å². The zero-order valence-electron chi connectivity index (χ0n) is 17.8. The maximum Gasteiger partial charge on any atom is 0.184 e. The number of aryl methyl sites for hydroxylation is 2. The van der Waals surface area contributed by atoms with Gasteiger partial charge in [0.15, 0.2) is 5.13 Å². The van der Waals surface area contributed by atoms with Crippen LogP contribution in [0.1, 0.15) is 41.7 Å². The number of benzene rings is 2. The number of methoxy groups -OCH3 is 1. The first-order chi connectivity index (χ1) is 14.5. The van der Waals surface area contributed by atoms with Crippen molar-refractivity contribution in [2.75, 3.05) is 12.4 Å². The summed E-state index contributed by atoms with van der Waals surface area (Å²) in [7, 11) is 1.65. The molecule has 0 spiro atoms. The average molecular weight is 439 g/mol. The lowest BCUT2D eigenvalue weighted by molar-refractivity contribution is 0.412. The van der Waals surface area contributed by atoms with E-state index in [1.165, 1.54) is 5.56 Å². The minimum atomic E-state index is -0.140. The van der Waals surface area contributed by atoms with Crippen molar-refractivity contribution in [2.45, 2.75) is 45.6 Å². The van der Waals surface area contributed by atoms with Crippen LogP contribution < -0.4 is 10.1 Å². The Kier molecular flexibility index (Phi) is 7.42. The van der Waals surface area contributed by atoms with E-state index in [2.05, 4.69) is 49.4 Å². The van der Waals surface area contributed by atoms with E-state index in [1.807, 2.05) is 25.1 Å². The average Bonchev–Trinajstić information content (AvgIpc) is 3.12. The molecule has 1 aromatic heterocycles. The molecule has 1 heterocycles. The molecule has 0 aliphatic carbocycles. The van der Waals surface area contributed by atoms with Crippen molar-refractivity contribution in [3.05, 3.63) is 63.5 Å². The Morgan fingerprint density at radius 2 is 1.97 bits per heavy atom.